The minimum absolute atomic E-state index is 0.990. The van der Waals surface area contributed by atoms with Gasteiger partial charge in [0.05, 0.1) is 11.0 Å². The van der Waals surface area contributed by atoms with Crippen LogP contribution < -0.4 is 4.90 Å². The molecule has 2 nitrogen and oxygen atoms in total. The minimum atomic E-state index is 0.990. The second-order valence-electron chi connectivity index (χ2n) is 12.9. The van der Waals surface area contributed by atoms with E-state index in [1.165, 1.54) is 60.9 Å². The molecular weight excluding hydrogens is 605 g/mol. The summed E-state index contributed by atoms with van der Waals surface area (Å²) < 4.78 is 2.45. The Kier molecular flexibility index (Phi) is 7.68. The smallest absolute Gasteiger partial charge is 0.0537 e. The number of fused-ring (bicyclic) bond motifs is 3. The molecule has 1 aliphatic carbocycles. The summed E-state index contributed by atoms with van der Waals surface area (Å²) in [7, 11) is 0. The molecule has 8 aromatic rings. The maximum atomic E-state index is 2.45. The van der Waals surface area contributed by atoms with Crippen LogP contribution in [0.1, 0.15) is 18.4 Å². The fraction of sp³-hybridized carbons (Fsp3) is 0.0417. The van der Waals surface area contributed by atoms with Crippen LogP contribution in [0.25, 0.3) is 55.3 Å². The largest absolute Gasteiger partial charge is 0.313 e. The molecule has 0 bridgehead atoms. The molecule has 0 fully saturated rings. The maximum absolute atomic E-state index is 2.45. The van der Waals surface area contributed by atoms with Crippen molar-refractivity contribution in [1.29, 1.82) is 0 Å². The highest BCUT2D eigenvalue weighted by molar-refractivity contribution is 6.10. The van der Waals surface area contributed by atoms with Crippen LogP contribution in [0.4, 0.5) is 17.1 Å². The Morgan fingerprint density at radius 2 is 0.740 bits per heavy atom. The van der Waals surface area contributed by atoms with Crippen LogP contribution in [-0.4, -0.2) is 4.57 Å². The second kappa shape index (κ2) is 12.9. The summed E-state index contributed by atoms with van der Waals surface area (Å²) in [5.74, 6) is 0. The van der Waals surface area contributed by atoms with Crippen LogP contribution in [0.15, 0.2) is 194 Å². The summed E-state index contributed by atoms with van der Waals surface area (Å²) in [5, 5.41) is 2.62. The number of aromatic nitrogens is 1. The van der Waals surface area contributed by atoms with Gasteiger partial charge in [-0.3, -0.25) is 0 Å². The monoisotopic (exact) mass is 640 g/mol. The average molecular weight is 641 g/mol. The Morgan fingerprint density at radius 1 is 0.340 bits per heavy atom. The predicted octanol–water partition coefficient (Wildman–Crippen LogP) is 13.3. The standard InChI is InChI=1S/C48H36N2/c1-3-11-35(12-4-1)37-19-27-41(28-20-37)49(42-29-21-38(22-30-42)36-13-5-2-6-14-36)43-31-23-39(24-32-43)40-25-33-44(34-26-40)50-47-17-9-7-15-45(47)46-16-8-10-18-48(46)50/h1-25,27-33H,26,34H2. The number of para-hydroxylation sites is 2. The maximum Gasteiger partial charge on any atom is 0.0537 e. The van der Waals surface area contributed by atoms with E-state index in [-0.39, 0.29) is 0 Å². The summed E-state index contributed by atoms with van der Waals surface area (Å²) in [4.78, 5) is 2.35. The van der Waals surface area contributed by atoms with E-state index >= 15 is 0 Å². The molecule has 0 atom stereocenters. The molecule has 0 radical (unpaired) electrons. The zero-order chi connectivity index (χ0) is 33.3. The molecule has 7 aromatic carbocycles. The van der Waals surface area contributed by atoms with Crippen LogP contribution in [0.5, 0.6) is 0 Å². The summed E-state index contributed by atoms with van der Waals surface area (Å²) in [6.07, 6.45) is 6.63. The van der Waals surface area contributed by atoms with Gasteiger partial charge in [0, 0.05) is 33.5 Å². The zero-order valence-corrected chi connectivity index (χ0v) is 27.8. The third kappa shape index (κ3) is 5.51. The van der Waals surface area contributed by atoms with E-state index in [4.69, 9.17) is 0 Å². The topological polar surface area (TPSA) is 8.17 Å². The van der Waals surface area contributed by atoms with Crippen LogP contribution in [0.2, 0.25) is 0 Å². The molecule has 0 amide bonds. The third-order valence-corrected chi connectivity index (χ3v) is 9.96. The Morgan fingerprint density at radius 3 is 1.18 bits per heavy atom. The molecule has 0 N–H and O–H groups in total. The first kappa shape index (κ1) is 29.7. The van der Waals surface area contributed by atoms with Gasteiger partial charge in [-0.2, -0.15) is 0 Å². The van der Waals surface area contributed by atoms with Crippen molar-refractivity contribution in [2.24, 2.45) is 0 Å². The number of benzene rings is 7. The summed E-state index contributed by atoms with van der Waals surface area (Å²) in [6, 6.07) is 65.5. The highest BCUT2D eigenvalue weighted by Crippen LogP contribution is 2.39. The normalized spacial score (nSPS) is 12.9. The lowest BCUT2D eigenvalue weighted by molar-refractivity contribution is 0.992. The second-order valence-corrected chi connectivity index (χ2v) is 12.9. The van der Waals surface area contributed by atoms with Crippen LogP contribution in [-0.2, 0) is 0 Å². The Balaban J connectivity index is 1.05. The van der Waals surface area contributed by atoms with Gasteiger partial charge in [-0.15, -0.1) is 0 Å². The third-order valence-electron chi connectivity index (χ3n) is 9.96. The van der Waals surface area contributed by atoms with Gasteiger partial charge in [-0.1, -0.05) is 140 Å². The van der Waals surface area contributed by atoms with E-state index in [9.17, 15) is 0 Å². The highest BCUT2D eigenvalue weighted by Gasteiger charge is 2.17. The van der Waals surface area contributed by atoms with Gasteiger partial charge in [0.1, 0.15) is 0 Å². The minimum Gasteiger partial charge on any atom is -0.313 e. The Labute approximate surface area is 293 Å². The van der Waals surface area contributed by atoms with Gasteiger partial charge in [-0.05, 0) is 101 Å². The first-order chi connectivity index (χ1) is 24.8. The lowest BCUT2D eigenvalue weighted by atomic mass is 9.95. The van der Waals surface area contributed by atoms with Gasteiger partial charge in [0.15, 0.2) is 0 Å². The Hall–Kier alpha value is -6.38. The first-order valence-electron chi connectivity index (χ1n) is 17.4. The summed E-state index contributed by atoms with van der Waals surface area (Å²) >= 11 is 0. The molecule has 9 rings (SSSR count). The summed E-state index contributed by atoms with van der Waals surface area (Å²) in [5.41, 5.74) is 14.8. The summed E-state index contributed by atoms with van der Waals surface area (Å²) in [6.45, 7) is 0. The van der Waals surface area contributed by atoms with Crippen molar-refractivity contribution in [3.63, 3.8) is 0 Å². The number of hydrogen-bond acceptors (Lipinski definition) is 1. The van der Waals surface area contributed by atoms with Gasteiger partial charge in [-0.25, -0.2) is 0 Å². The van der Waals surface area contributed by atoms with E-state index in [0.29, 0.717) is 0 Å². The highest BCUT2D eigenvalue weighted by atomic mass is 15.1. The van der Waals surface area contributed by atoms with Gasteiger partial charge in [0.25, 0.3) is 0 Å². The molecule has 0 spiro atoms. The predicted molar refractivity (Wildman–Crippen MR) is 213 cm³/mol. The van der Waals surface area contributed by atoms with Crippen LogP contribution in [0, 0.1) is 0 Å². The number of rotatable bonds is 7. The molecule has 0 aliphatic heterocycles. The number of hydrogen-bond donors (Lipinski definition) is 0. The zero-order valence-electron chi connectivity index (χ0n) is 27.8. The van der Waals surface area contributed by atoms with Gasteiger partial charge < -0.3 is 9.47 Å². The van der Waals surface area contributed by atoms with E-state index in [1.54, 1.807) is 0 Å². The molecular formula is C48H36N2. The first-order valence-corrected chi connectivity index (χ1v) is 17.4. The lowest BCUT2D eigenvalue weighted by Gasteiger charge is -2.26. The van der Waals surface area contributed by atoms with E-state index in [2.05, 4.69) is 204 Å². The number of allylic oxidation sites excluding steroid dienone is 4. The molecule has 0 unspecified atom stereocenters. The average Bonchev–Trinajstić information content (AvgIpc) is 3.54. The van der Waals surface area contributed by atoms with Crippen molar-refractivity contribution in [1.82, 2.24) is 4.57 Å². The lowest BCUT2D eigenvalue weighted by Crippen LogP contribution is -2.10. The van der Waals surface area contributed by atoms with Crippen molar-refractivity contribution in [3.8, 4) is 22.3 Å². The number of anilines is 3. The fourth-order valence-corrected chi connectivity index (χ4v) is 7.42. The van der Waals surface area contributed by atoms with Gasteiger partial charge in [0.2, 0.25) is 0 Å². The quantitative estimate of drug-likeness (QED) is 0.168. The molecule has 2 heteroatoms. The van der Waals surface area contributed by atoms with E-state index in [1.807, 2.05) is 0 Å². The molecule has 0 saturated carbocycles. The van der Waals surface area contributed by atoms with E-state index < -0.39 is 0 Å². The van der Waals surface area contributed by atoms with Crippen molar-refractivity contribution in [2.45, 2.75) is 12.8 Å². The fourth-order valence-electron chi connectivity index (χ4n) is 7.42. The van der Waals surface area contributed by atoms with Crippen molar-refractivity contribution < 1.29 is 0 Å². The van der Waals surface area contributed by atoms with Crippen molar-refractivity contribution in [2.75, 3.05) is 4.90 Å². The molecule has 1 aromatic heterocycles. The molecule has 50 heavy (non-hydrogen) atoms. The van der Waals surface area contributed by atoms with Crippen LogP contribution >= 0.6 is 0 Å². The molecule has 1 heterocycles. The Bertz CT molecular complexity index is 2350. The molecule has 1 aliphatic rings. The van der Waals surface area contributed by atoms with E-state index in [0.717, 1.165) is 29.9 Å². The number of nitrogens with zero attached hydrogens (tertiary/aromatic N) is 2. The van der Waals surface area contributed by atoms with Crippen LogP contribution in [0.3, 0.4) is 0 Å². The molecule has 238 valence electrons. The van der Waals surface area contributed by atoms with Gasteiger partial charge >= 0.3 is 0 Å². The molecule has 0 saturated heterocycles. The van der Waals surface area contributed by atoms with Crippen molar-refractivity contribution >= 4 is 50.1 Å². The van der Waals surface area contributed by atoms with Crippen molar-refractivity contribution in [3.05, 3.63) is 200 Å². The SMILES string of the molecule is C1=C(c2ccc(N(c3ccc(-c4ccccc4)cc3)c3ccc(-c4ccccc4)cc3)cc2)CCC(n2c3ccccc3c3ccccc32)=C1.